The summed E-state index contributed by atoms with van der Waals surface area (Å²) in [4.78, 5) is 0. The molecular weight excluding hydrogens is 261 g/mol. The second kappa shape index (κ2) is 4.32. The molecule has 0 aliphatic carbocycles. The van der Waals surface area contributed by atoms with Gasteiger partial charge in [0.15, 0.2) is 0 Å². The minimum atomic E-state index is -3.26. The van der Waals surface area contributed by atoms with Crippen LogP contribution in [-0.2, 0) is 13.7 Å². The van der Waals surface area contributed by atoms with E-state index in [1.807, 2.05) is 13.8 Å². The molecule has 0 aromatic heterocycles. The van der Waals surface area contributed by atoms with E-state index in [0.29, 0.717) is 0 Å². The van der Waals surface area contributed by atoms with Gasteiger partial charge in [-0.3, -0.25) is 0 Å². The molecule has 1 unspecified atom stereocenters. The van der Waals surface area contributed by atoms with Gasteiger partial charge in [-0.2, -0.15) is 0 Å². The zero-order valence-electron chi connectivity index (χ0n) is 5.31. The molecule has 0 aliphatic rings. The Bertz CT molecular complexity index is 122. The van der Waals surface area contributed by atoms with E-state index in [1.54, 1.807) is 0 Å². The number of hydrogen-bond donors (Lipinski definition) is 0. The molecule has 0 saturated carbocycles. The molecule has 0 aromatic carbocycles. The molecule has 9 heavy (non-hydrogen) atoms. The molecule has 1 nitrogen and oxygen atoms in total. The zero-order valence-corrected chi connectivity index (χ0v) is 9.78. The van der Waals surface area contributed by atoms with E-state index in [-0.39, 0.29) is 6.04 Å². The maximum absolute atomic E-state index is 5.57. The fraction of sp³-hybridized carbons (Fsp3) is 1.00. The predicted octanol–water partition coefficient (Wildman–Crippen LogP) is 3.58. The standard InChI is InChI=1S/C4H9N.3ClH.Nb/c1-3-4(2)5;;;;/h4H,3H2,1-2H3;3*1H;/q;;;;+3/p-3. The van der Waals surface area contributed by atoms with Gasteiger partial charge in [0, 0.05) is 0 Å². The van der Waals surface area contributed by atoms with Crippen LogP contribution in [0.4, 0.5) is 0 Å². The molecule has 56 valence electrons. The van der Waals surface area contributed by atoms with Crippen molar-refractivity contribution in [3.8, 4) is 0 Å². The molecule has 1 atom stereocenters. The van der Waals surface area contributed by atoms with Crippen molar-refractivity contribution in [2.75, 3.05) is 0 Å². The van der Waals surface area contributed by atoms with Crippen molar-refractivity contribution in [3.63, 3.8) is 0 Å². The summed E-state index contributed by atoms with van der Waals surface area (Å²) in [6, 6.07) is 0.212. The number of hydrogen-bond acceptors (Lipinski definition) is 1. The third-order valence-electron chi connectivity index (χ3n) is 0.919. The quantitative estimate of drug-likeness (QED) is 0.680. The zero-order chi connectivity index (χ0) is 7.49. The van der Waals surface area contributed by atoms with Gasteiger partial charge in [0.1, 0.15) is 0 Å². The second-order valence-electron chi connectivity index (χ2n) is 1.79. The third-order valence-corrected chi connectivity index (χ3v) is 4.08. The molecule has 0 N–H and O–H groups in total. The topological polar surface area (TPSA) is 12.4 Å². The van der Waals surface area contributed by atoms with Crippen molar-refractivity contribution in [1.29, 1.82) is 0 Å². The van der Waals surface area contributed by atoms with Crippen molar-refractivity contribution in [2.24, 2.45) is 3.34 Å². The van der Waals surface area contributed by atoms with Gasteiger partial charge < -0.3 is 0 Å². The predicted molar refractivity (Wildman–Crippen MR) is 39.7 cm³/mol. The number of nitrogens with zero attached hydrogens (tertiary/aromatic N) is 1. The number of halogens is 3. The van der Waals surface area contributed by atoms with E-state index in [4.69, 9.17) is 27.6 Å². The van der Waals surface area contributed by atoms with Crippen LogP contribution in [0, 0.1) is 0 Å². The summed E-state index contributed by atoms with van der Waals surface area (Å²) in [5, 5.41) is 0. The van der Waals surface area contributed by atoms with Crippen molar-refractivity contribution in [3.05, 3.63) is 0 Å². The normalized spacial score (nSPS) is 15.2. The second-order valence-corrected chi connectivity index (χ2v) is 16.2. The summed E-state index contributed by atoms with van der Waals surface area (Å²) in [5.41, 5.74) is 0. The van der Waals surface area contributed by atoms with Crippen LogP contribution in [-0.4, -0.2) is 6.04 Å². The van der Waals surface area contributed by atoms with E-state index >= 15 is 0 Å². The fourth-order valence-corrected chi connectivity index (χ4v) is 4.45. The van der Waals surface area contributed by atoms with Crippen LogP contribution in [0.25, 0.3) is 0 Å². The molecule has 0 spiro atoms. The maximum atomic E-state index is 5.57. The Labute approximate surface area is 70.5 Å². The van der Waals surface area contributed by atoms with Crippen LogP contribution >= 0.6 is 27.6 Å². The van der Waals surface area contributed by atoms with Crippen LogP contribution in [0.5, 0.6) is 0 Å². The first-order valence-corrected chi connectivity index (χ1v) is 12.1. The molecule has 0 fully saturated rings. The van der Waals surface area contributed by atoms with Gasteiger partial charge in [0.2, 0.25) is 0 Å². The van der Waals surface area contributed by atoms with Crippen LogP contribution in [0.15, 0.2) is 3.34 Å². The van der Waals surface area contributed by atoms with E-state index in [2.05, 4.69) is 3.34 Å². The molecule has 0 amide bonds. The Kier molecular flexibility index (Phi) is 5.00. The Morgan fingerprint density at radius 1 is 1.44 bits per heavy atom. The van der Waals surface area contributed by atoms with Gasteiger partial charge >= 0.3 is 70.9 Å². The molecular formula is C4H9Cl3NNb. The van der Waals surface area contributed by atoms with E-state index in [1.165, 1.54) is 0 Å². The first-order chi connectivity index (χ1) is 3.95. The average Bonchev–Trinajstić information content (AvgIpc) is 1.62. The summed E-state index contributed by atoms with van der Waals surface area (Å²) in [7, 11) is 16.7. The molecule has 0 rings (SSSR count). The molecule has 0 aromatic rings. The SMILES string of the molecule is CCC(C)[N]=[Nb]([Cl])([Cl])[Cl]. The summed E-state index contributed by atoms with van der Waals surface area (Å²) in [6.45, 7) is 3.98. The van der Waals surface area contributed by atoms with E-state index < -0.39 is 13.7 Å². The summed E-state index contributed by atoms with van der Waals surface area (Å²) >= 11 is -3.26. The Balaban J connectivity index is 3.96. The van der Waals surface area contributed by atoms with Crippen LogP contribution in [0.1, 0.15) is 20.3 Å². The van der Waals surface area contributed by atoms with Gasteiger partial charge in [0.25, 0.3) is 0 Å². The van der Waals surface area contributed by atoms with Crippen LogP contribution in [0.3, 0.4) is 0 Å². The monoisotopic (exact) mass is 269 g/mol. The first-order valence-electron chi connectivity index (χ1n) is 2.66. The Morgan fingerprint density at radius 2 is 1.89 bits per heavy atom. The molecule has 0 bridgehead atoms. The van der Waals surface area contributed by atoms with Crippen LogP contribution in [0.2, 0.25) is 0 Å². The average molecular weight is 270 g/mol. The number of rotatable bonds is 2. The van der Waals surface area contributed by atoms with Crippen LogP contribution < -0.4 is 0 Å². The fourth-order valence-electron chi connectivity index (χ4n) is 0.305. The van der Waals surface area contributed by atoms with Gasteiger partial charge in [-0.05, 0) is 0 Å². The van der Waals surface area contributed by atoms with Crippen molar-refractivity contribution in [2.45, 2.75) is 26.3 Å². The molecule has 0 aliphatic heterocycles. The summed E-state index contributed by atoms with van der Waals surface area (Å²) < 4.78 is 4.02. The third kappa shape index (κ3) is 7.31. The van der Waals surface area contributed by atoms with Gasteiger partial charge in [-0.25, -0.2) is 0 Å². The molecule has 0 saturated heterocycles. The van der Waals surface area contributed by atoms with Gasteiger partial charge in [-0.1, -0.05) is 0 Å². The summed E-state index contributed by atoms with van der Waals surface area (Å²) in [6.07, 6.45) is 0.947. The summed E-state index contributed by atoms with van der Waals surface area (Å²) in [5.74, 6) is 0. The van der Waals surface area contributed by atoms with Crippen molar-refractivity contribution in [1.82, 2.24) is 0 Å². The van der Waals surface area contributed by atoms with E-state index in [9.17, 15) is 0 Å². The van der Waals surface area contributed by atoms with Crippen molar-refractivity contribution < 1.29 is 13.7 Å². The van der Waals surface area contributed by atoms with Gasteiger partial charge in [-0.15, -0.1) is 0 Å². The van der Waals surface area contributed by atoms with E-state index in [0.717, 1.165) is 6.42 Å². The van der Waals surface area contributed by atoms with Gasteiger partial charge in [0.05, 0.1) is 0 Å². The minimum absolute atomic E-state index is 0.212. The molecule has 0 heterocycles. The molecule has 0 radical (unpaired) electrons. The first kappa shape index (κ1) is 10.4. The Morgan fingerprint density at radius 3 is 2.00 bits per heavy atom. The van der Waals surface area contributed by atoms with Crippen molar-refractivity contribution >= 4 is 27.6 Å². The molecule has 5 heteroatoms. The Hall–Kier alpha value is 1.41.